The van der Waals surface area contributed by atoms with Crippen LogP contribution in [0, 0.1) is 0 Å². The van der Waals surface area contributed by atoms with Gasteiger partial charge in [-0.1, -0.05) is 115 Å². The Kier molecular flexibility index (Phi) is 19.4. The van der Waals surface area contributed by atoms with Crippen molar-refractivity contribution in [3.63, 3.8) is 0 Å². The van der Waals surface area contributed by atoms with Gasteiger partial charge in [0.25, 0.3) is 0 Å². The maximum absolute atomic E-state index is 13.0. The molecule has 1 rings (SSSR count). The first-order valence-electron chi connectivity index (χ1n) is 15.6. The van der Waals surface area contributed by atoms with Crippen molar-refractivity contribution in [2.24, 2.45) is 0 Å². The summed E-state index contributed by atoms with van der Waals surface area (Å²) in [5.74, 6) is 1.21. The molecule has 4 heteroatoms. The van der Waals surface area contributed by atoms with E-state index in [9.17, 15) is 4.79 Å². The molecule has 4 nitrogen and oxygen atoms in total. The number of rotatable bonds is 24. The van der Waals surface area contributed by atoms with E-state index in [0.29, 0.717) is 12.3 Å². The van der Waals surface area contributed by atoms with E-state index in [1.807, 2.05) is 12.1 Å². The van der Waals surface area contributed by atoms with Gasteiger partial charge in [0.2, 0.25) is 5.91 Å². The summed E-state index contributed by atoms with van der Waals surface area (Å²) in [6.45, 7) is 4.89. The Labute approximate surface area is 230 Å². The summed E-state index contributed by atoms with van der Waals surface area (Å²) in [5.41, 5.74) is 1.26. The molecule has 0 unspecified atom stereocenters. The molecule has 37 heavy (non-hydrogen) atoms. The molecule has 0 aliphatic heterocycles. The van der Waals surface area contributed by atoms with Gasteiger partial charge in [-0.15, -0.1) is 0 Å². The predicted molar refractivity (Wildman–Crippen MR) is 160 cm³/mol. The summed E-state index contributed by atoms with van der Waals surface area (Å²) < 4.78 is 6.14. The zero-order valence-electron chi connectivity index (χ0n) is 25.4. The maximum atomic E-state index is 13.0. The molecule has 0 radical (unpaired) electrons. The van der Waals surface area contributed by atoms with Crippen LogP contribution in [0.15, 0.2) is 24.3 Å². The Bertz CT molecular complexity index is 666. The van der Waals surface area contributed by atoms with Crippen molar-refractivity contribution in [1.82, 2.24) is 4.90 Å². The first kappa shape index (κ1) is 33.5. The SMILES string of the molecule is CCCCCCCCCCCCCCCCCCC(=O)N(CCc1ccc(OC)cc1)CC[N+](C)(C)C. The average molecular weight is 518 g/mol. The van der Waals surface area contributed by atoms with E-state index in [1.165, 1.54) is 102 Å². The van der Waals surface area contributed by atoms with Gasteiger partial charge in [0.1, 0.15) is 5.75 Å². The molecule has 214 valence electrons. The minimum atomic E-state index is 0.326. The summed E-state index contributed by atoms with van der Waals surface area (Å²) in [5, 5.41) is 0. The van der Waals surface area contributed by atoms with Crippen LogP contribution < -0.4 is 4.74 Å². The zero-order chi connectivity index (χ0) is 27.2. The number of amides is 1. The van der Waals surface area contributed by atoms with Gasteiger partial charge in [-0.2, -0.15) is 0 Å². The van der Waals surface area contributed by atoms with E-state index in [4.69, 9.17) is 4.74 Å². The quantitative estimate of drug-likeness (QED) is 0.102. The van der Waals surface area contributed by atoms with E-state index in [1.54, 1.807) is 7.11 Å². The molecule has 0 atom stereocenters. The van der Waals surface area contributed by atoms with Gasteiger partial charge in [0, 0.05) is 13.0 Å². The second-order valence-electron chi connectivity index (χ2n) is 12.0. The Morgan fingerprint density at radius 2 is 1.16 bits per heavy atom. The second-order valence-corrected chi connectivity index (χ2v) is 12.0. The van der Waals surface area contributed by atoms with Crippen LogP contribution in [0.3, 0.4) is 0 Å². The van der Waals surface area contributed by atoms with Crippen LogP contribution >= 0.6 is 0 Å². The first-order valence-corrected chi connectivity index (χ1v) is 15.6. The van der Waals surface area contributed by atoms with Gasteiger partial charge >= 0.3 is 0 Å². The molecule has 0 aliphatic rings. The minimum absolute atomic E-state index is 0.326. The van der Waals surface area contributed by atoms with E-state index < -0.39 is 0 Å². The smallest absolute Gasteiger partial charge is 0.222 e. The van der Waals surface area contributed by atoms with Crippen LogP contribution in [-0.4, -0.2) is 63.2 Å². The molecule has 0 heterocycles. The Morgan fingerprint density at radius 1 is 0.703 bits per heavy atom. The minimum Gasteiger partial charge on any atom is -0.497 e. The van der Waals surface area contributed by atoms with Crippen molar-refractivity contribution < 1.29 is 14.0 Å². The van der Waals surface area contributed by atoms with Crippen molar-refractivity contribution in [1.29, 1.82) is 0 Å². The van der Waals surface area contributed by atoms with E-state index >= 15 is 0 Å². The number of hydrogen-bond donors (Lipinski definition) is 0. The van der Waals surface area contributed by atoms with Gasteiger partial charge < -0.3 is 14.1 Å². The van der Waals surface area contributed by atoms with Crippen LogP contribution in [0.25, 0.3) is 0 Å². The molecule has 1 aromatic carbocycles. The fourth-order valence-electron chi connectivity index (χ4n) is 4.82. The Hall–Kier alpha value is -1.55. The highest BCUT2D eigenvalue weighted by Crippen LogP contribution is 2.15. The number of quaternary nitrogens is 1. The summed E-state index contributed by atoms with van der Waals surface area (Å²) in [7, 11) is 8.28. The van der Waals surface area contributed by atoms with Crippen LogP contribution in [0.2, 0.25) is 0 Å². The largest absolute Gasteiger partial charge is 0.497 e. The van der Waals surface area contributed by atoms with Crippen LogP contribution in [0.4, 0.5) is 0 Å². The molecule has 0 N–H and O–H groups in total. The lowest BCUT2D eigenvalue weighted by Crippen LogP contribution is -2.44. The molecule has 0 saturated heterocycles. The highest BCUT2D eigenvalue weighted by Gasteiger charge is 2.17. The van der Waals surface area contributed by atoms with Crippen molar-refractivity contribution in [2.75, 3.05) is 47.9 Å². The molecule has 0 bridgehead atoms. The maximum Gasteiger partial charge on any atom is 0.222 e. The van der Waals surface area contributed by atoms with Crippen LogP contribution in [0.1, 0.15) is 122 Å². The van der Waals surface area contributed by atoms with Gasteiger partial charge in [0.15, 0.2) is 0 Å². The number of hydrogen-bond acceptors (Lipinski definition) is 2. The third kappa shape index (κ3) is 19.2. The monoisotopic (exact) mass is 517 g/mol. The number of carbonyl (C=O) groups is 1. The van der Waals surface area contributed by atoms with Gasteiger partial charge in [-0.05, 0) is 30.5 Å². The number of carbonyl (C=O) groups excluding carboxylic acids is 1. The van der Waals surface area contributed by atoms with E-state index in [0.717, 1.165) is 42.7 Å². The van der Waals surface area contributed by atoms with Crippen LogP contribution in [0.5, 0.6) is 5.75 Å². The molecule has 0 spiro atoms. The predicted octanol–water partition coefficient (Wildman–Crippen LogP) is 8.42. The molecule has 0 fully saturated rings. The number of nitrogens with zero attached hydrogens (tertiary/aromatic N) is 2. The Balaban J connectivity index is 2.13. The standard InChI is InChI=1S/C33H61N2O2/c1-6-7-8-9-10-11-12-13-14-15-16-17-18-19-20-21-22-33(36)34(29-30-35(2,3)4)28-27-31-23-25-32(37-5)26-24-31/h23-26H,6-22,27-30H2,1-5H3/q+1. The molecule has 0 aliphatic carbocycles. The van der Waals surface area contributed by atoms with Crippen molar-refractivity contribution in [3.8, 4) is 5.75 Å². The van der Waals surface area contributed by atoms with Gasteiger partial charge in [-0.25, -0.2) is 0 Å². The highest BCUT2D eigenvalue weighted by molar-refractivity contribution is 5.76. The third-order valence-corrected chi connectivity index (χ3v) is 7.47. The summed E-state index contributed by atoms with van der Waals surface area (Å²) >= 11 is 0. The number of likely N-dealkylation sites (N-methyl/N-ethyl adjacent to an activating group) is 1. The zero-order valence-corrected chi connectivity index (χ0v) is 25.4. The topological polar surface area (TPSA) is 29.5 Å². The molecular weight excluding hydrogens is 456 g/mol. The lowest BCUT2D eigenvalue weighted by molar-refractivity contribution is -0.869. The summed E-state index contributed by atoms with van der Waals surface area (Å²) in [6.07, 6.45) is 23.4. The summed E-state index contributed by atoms with van der Waals surface area (Å²) in [6, 6.07) is 8.22. The third-order valence-electron chi connectivity index (χ3n) is 7.47. The lowest BCUT2D eigenvalue weighted by Gasteiger charge is -2.29. The molecule has 0 saturated carbocycles. The first-order chi connectivity index (χ1) is 17.9. The van der Waals surface area contributed by atoms with Crippen molar-refractivity contribution in [3.05, 3.63) is 29.8 Å². The van der Waals surface area contributed by atoms with Gasteiger partial charge in [0.05, 0.1) is 41.3 Å². The summed E-state index contributed by atoms with van der Waals surface area (Å²) in [4.78, 5) is 15.1. The van der Waals surface area contributed by atoms with Crippen molar-refractivity contribution in [2.45, 2.75) is 122 Å². The highest BCUT2D eigenvalue weighted by atomic mass is 16.5. The van der Waals surface area contributed by atoms with Crippen molar-refractivity contribution >= 4 is 5.91 Å². The van der Waals surface area contributed by atoms with Gasteiger partial charge in [-0.3, -0.25) is 4.79 Å². The molecule has 1 aromatic rings. The number of unbranched alkanes of at least 4 members (excludes halogenated alkanes) is 15. The average Bonchev–Trinajstić information content (AvgIpc) is 2.88. The lowest BCUT2D eigenvalue weighted by atomic mass is 10.0. The fourth-order valence-corrected chi connectivity index (χ4v) is 4.82. The van der Waals surface area contributed by atoms with Crippen LogP contribution in [-0.2, 0) is 11.2 Å². The Morgan fingerprint density at radius 3 is 1.59 bits per heavy atom. The normalized spacial score (nSPS) is 11.6. The van der Waals surface area contributed by atoms with E-state index in [-0.39, 0.29) is 0 Å². The number of methoxy groups -OCH3 is 1. The molecular formula is C33H61N2O2+. The number of ether oxygens (including phenoxy) is 1. The second kappa shape index (κ2) is 21.4. The number of benzene rings is 1. The molecule has 0 aromatic heterocycles. The fraction of sp³-hybridized carbons (Fsp3) is 0.788. The van der Waals surface area contributed by atoms with E-state index in [2.05, 4.69) is 45.1 Å². The molecule has 1 amide bonds.